The van der Waals surface area contributed by atoms with E-state index in [1.54, 1.807) is 14.2 Å². The molecule has 0 saturated heterocycles. The SMILES string of the molecule is COC(COCC=C(C)CCC=C(C)C)OC. The predicted molar refractivity (Wildman–Crippen MR) is 71.0 cm³/mol. The zero-order chi connectivity index (χ0) is 13.1. The summed E-state index contributed by atoms with van der Waals surface area (Å²) >= 11 is 0. The fraction of sp³-hybridized carbons (Fsp3) is 0.714. The standard InChI is InChI=1S/C14H26O3/c1-12(2)7-6-8-13(3)9-10-17-11-14(15-4)16-5/h7,9,14H,6,8,10-11H2,1-5H3. The molecule has 100 valence electrons. The lowest BCUT2D eigenvalue weighted by Crippen LogP contribution is -2.20. The molecule has 0 spiro atoms. The minimum absolute atomic E-state index is 0.269. The van der Waals surface area contributed by atoms with Crippen molar-refractivity contribution in [2.45, 2.75) is 39.9 Å². The summed E-state index contributed by atoms with van der Waals surface area (Å²) in [5.74, 6) is 0. The first kappa shape index (κ1) is 16.4. The summed E-state index contributed by atoms with van der Waals surface area (Å²) in [7, 11) is 3.22. The monoisotopic (exact) mass is 242 g/mol. The van der Waals surface area contributed by atoms with Gasteiger partial charge in [-0.05, 0) is 33.6 Å². The molecule has 0 aliphatic rings. The molecule has 0 aromatic carbocycles. The molecule has 17 heavy (non-hydrogen) atoms. The Hall–Kier alpha value is -0.640. The Morgan fingerprint density at radius 2 is 1.71 bits per heavy atom. The molecule has 3 nitrogen and oxygen atoms in total. The van der Waals surface area contributed by atoms with Crippen molar-refractivity contribution in [3.63, 3.8) is 0 Å². The van der Waals surface area contributed by atoms with Crippen LogP contribution in [0.4, 0.5) is 0 Å². The van der Waals surface area contributed by atoms with Crippen LogP contribution in [0.3, 0.4) is 0 Å². The number of ether oxygens (including phenoxy) is 3. The van der Waals surface area contributed by atoms with Crippen LogP contribution in [0, 0.1) is 0 Å². The Morgan fingerprint density at radius 3 is 2.24 bits per heavy atom. The van der Waals surface area contributed by atoms with Gasteiger partial charge in [-0.1, -0.05) is 23.3 Å². The molecule has 0 heterocycles. The smallest absolute Gasteiger partial charge is 0.180 e. The van der Waals surface area contributed by atoms with E-state index < -0.39 is 0 Å². The maximum Gasteiger partial charge on any atom is 0.180 e. The molecule has 0 bridgehead atoms. The normalized spacial score (nSPS) is 12.0. The fourth-order valence-corrected chi connectivity index (χ4v) is 1.29. The predicted octanol–water partition coefficient (Wildman–Crippen LogP) is 3.31. The molecular weight excluding hydrogens is 216 g/mol. The lowest BCUT2D eigenvalue weighted by atomic mass is 10.1. The van der Waals surface area contributed by atoms with Crippen LogP contribution < -0.4 is 0 Å². The second kappa shape index (κ2) is 10.5. The Morgan fingerprint density at radius 1 is 1.06 bits per heavy atom. The van der Waals surface area contributed by atoms with Crippen LogP contribution in [-0.2, 0) is 14.2 Å². The van der Waals surface area contributed by atoms with Gasteiger partial charge < -0.3 is 14.2 Å². The lowest BCUT2D eigenvalue weighted by molar-refractivity contribution is -0.137. The number of rotatable bonds is 9. The Kier molecular flexibility index (Phi) is 10.1. The molecule has 0 fully saturated rings. The van der Waals surface area contributed by atoms with Crippen molar-refractivity contribution in [3.05, 3.63) is 23.3 Å². The van der Waals surface area contributed by atoms with Gasteiger partial charge in [-0.15, -0.1) is 0 Å². The number of hydrogen-bond donors (Lipinski definition) is 0. The van der Waals surface area contributed by atoms with Gasteiger partial charge in [0, 0.05) is 14.2 Å². The molecule has 0 unspecified atom stereocenters. The second-order valence-electron chi connectivity index (χ2n) is 4.31. The first-order chi connectivity index (χ1) is 8.10. The summed E-state index contributed by atoms with van der Waals surface area (Å²) in [5.41, 5.74) is 2.73. The van der Waals surface area contributed by atoms with Crippen LogP contribution in [0.15, 0.2) is 23.3 Å². The van der Waals surface area contributed by atoms with Crippen LogP contribution in [0.2, 0.25) is 0 Å². The van der Waals surface area contributed by atoms with Crippen LogP contribution >= 0.6 is 0 Å². The van der Waals surface area contributed by atoms with Gasteiger partial charge in [0.2, 0.25) is 0 Å². The van der Waals surface area contributed by atoms with Crippen molar-refractivity contribution >= 4 is 0 Å². The van der Waals surface area contributed by atoms with Gasteiger partial charge in [-0.25, -0.2) is 0 Å². The van der Waals surface area contributed by atoms with Crippen LogP contribution in [0.5, 0.6) is 0 Å². The quantitative estimate of drug-likeness (QED) is 0.353. The van der Waals surface area contributed by atoms with E-state index in [0.29, 0.717) is 13.2 Å². The highest BCUT2D eigenvalue weighted by atomic mass is 16.7. The molecule has 3 heteroatoms. The van der Waals surface area contributed by atoms with Gasteiger partial charge in [0.1, 0.15) is 0 Å². The van der Waals surface area contributed by atoms with Crippen molar-refractivity contribution in [3.8, 4) is 0 Å². The van der Waals surface area contributed by atoms with Gasteiger partial charge in [-0.3, -0.25) is 0 Å². The summed E-state index contributed by atoms with van der Waals surface area (Å²) in [4.78, 5) is 0. The molecule has 0 saturated carbocycles. The summed E-state index contributed by atoms with van der Waals surface area (Å²) in [5, 5.41) is 0. The van der Waals surface area contributed by atoms with E-state index in [2.05, 4.69) is 32.9 Å². The van der Waals surface area contributed by atoms with E-state index in [1.807, 2.05) is 0 Å². The first-order valence-corrected chi connectivity index (χ1v) is 6.02. The topological polar surface area (TPSA) is 27.7 Å². The zero-order valence-electron chi connectivity index (χ0n) is 11.8. The van der Waals surface area contributed by atoms with Gasteiger partial charge >= 0.3 is 0 Å². The van der Waals surface area contributed by atoms with Crippen LogP contribution in [0.25, 0.3) is 0 Å². The Balaban J connectivity index is 3.66. The number of hydrogen-bond acceptors (Lipinski definition) is 3. The third-order valence-corrected chi connectivity index (χ3v) is 2.42. The highest BCUT2D eigenvalue weighted by molar-refractivity contribution is 5.02. The van der Waals surface area contributed by atoms with Gasteiger partial charge in [-0.2, -0.15) is 0 Å². The van der Waals surface area contributed by atoms with E-state index in [4.69, 9.17) is 14.2 Å². The summed E-state index contributed by atoms with van der Waals surface area (Å²) in [6.45, 7) is 7.45. The van der Waals surface area contributed by atoms with Crippen molar-refractivity contribution in [2.24, 2.45) is 0 Å². The van der Waals surface area contributed by atoms with Crippen molar-refractivity contribution < 1.29 is 14.2 Å². The van der Waals surface area contributed by atoms with Crippen LogP contribution in [0.1, 0.15) is 33.6 Å². The van der Waals surface area contributed by atoms with E-state index in [0.717, 1.165) is 12.8 Å². The molecule has 0 rings (SSSR count). The molecular formula is C14H26O3. The highest BCUT2D eigenvalue weighted by Gasteiger charge is 2.03. The van der Waals surface area contributed by atoms with E-state index in [-0.39, 0.29) is 6.29 Å². The van der Waals surface area contributed by atoms with Gasteiger partial charge in [0.05, 0.1) is 13.2 Å². The molecule has 0 amide bonds. The average molecular weight is 242 g/mol. The number of allylic oxidation sites excluding steroid dienone is 3. The third-order valence-electron chi connectivity index (χ3n) is 2.42. The fourth-order valence-electron chi connectivity index (χ4n) is 1.29. The molecule has 0 aliphatic heterocycles. The van der Waals surface area contributed by atoms with Crippen molar-refractivity contribution in [1.29, 1.82) is 0 Å². The van der Waals surface area contributed by atoms with Crippen molar-refractivity contribution in [2.75, 3.05) is 27.4 Å². The summed E-state index contributed by atoms with van der Waals surface area (Å²) in [6.07, 6.45) is 6.29. The third kappa shape index (κ3) is 10.2. The van der Waals surface area contributed by atoms with Crippen LogP contribution in [-0.4, -0.2) is 33.7 Å². The minimum Gasteiger partial charge on any atom is -0.372 e. The van der Waals surface area contributed by atoms with Crippen molar-refractivity contribution in [1.82, 2.24) is 0 Å². The lowest BCUT2D eigenvalue weighted by Gasteiger charge is -2.12. The first-order valence-electron chi connectivity index (χ1n) is 6.02. The molecule has 0 aromatic heterocycles. The second-order valence-corrected chi connectivity index (χ2v) is 4.31. The molecule has 0 aliphatic carbocycles. The van der Waals surface area contributed by atoms with Gasteiger partial charge in [0.25, 0.3) is 0 Å². The molecule has 0 atom stereocenters. The summed E-state index contributed by atoms with van der Waals surface area (Å²) in [6, 6.07) is 0. The molecule has 0 radical (unpaired) electrons. The number of methoxy groups -OCH3 is 2. The molecule has 0 aromatic rings. The Labute approximate surface area is 105 Å². The van der Waals surface area contributed by atoms with E-state index >= 15 is 0 Å². The summed E-state index contributed by atoms with van der Waals surface area (Å²) < 4.78 is 15.5. The largest absolute Gasteiger partial charge is 0.372 e. The highest BCUT2D eigenvalue weighted by Crippen LogP contribution is 2.06. The zero-order valence-corrected chi connectivity index (χ0v) is 11.8. The Bertz CT molecular complexity index is 236. The maximum absolute atomic E-state index is 5.43. The van der Waals surface area contributed by atoms with E-state index in [1.165, 1.54) is 11.1 Å². The molecule has 0 N–H and O–H groups in total. The average Bonchev–Trinajstić information content (AvgIpc) is 2.29. The maximum atomic E-state index is 5.43. The van der Waals surface area contributed by atoms with E-state index in [9.17, 15) is 0 Å². The van der Waals surface area contributed by atoms with Gasteiger partial charge in [0.15, 0.2) is 6.29 Å². The minimum atomic E-state index is -0.269.